The van der Waals surface area contributed by atoms with E-state index in [2.05, 4.69) is 10.3 Å². The SMILES string of the molecule is CCOC(=O)c1cc(CC)sc1NC(=O)Cc1csc2nc(-c3ccccc3)cn12. The molecule has 0 radical (unpaired) electrons. The highest BCUT2D eigenvalue weighted by molar-refractivity contribution is 7.16. The lowest BCUT2D eigenvalue weighted by Gasteiger charge is -2.06. The number of hydrogen-bond acceptors (Lipinski definition) is 6. The molecule has 6 nitrogen and oxygen atoms in total. The molecule has 0 atom stereocenters. The van der Waals surface area contributed by atoms with E-state index in [1.165, 1.54) is 22.7 Å². The minimum atomic E-state index is -0.413. The molecule has 1 aromatic carbocycles. The van der Waals surface area contributed by atoms with Crippen LogP contribution < -0.4 is 5.32 Å². The predicted molar refractivity (Wildman–Crippen MR) is 120 cm³/mol. The summed E-state index contributed by atoms with van der Waals surface area (Å²) >= 11 is 2.91. The average molecular weight is 440 g/mol. The van der Waals surface area contributed by atoms with Crippen LogP contribution in [0.4, 0.5) is 5.00 Å². The number of rotatable bonds is 7. The summed E-state index contributed by atoms with van der Waals surface area (Å²) in [5, 5.41) is 5.37. The number of benzene rings is 1. The minimum Gasteiger partial charge on any atom is -0.462 e. The van der Waals surface area contributed by atoms with Crippen molar-refractivity contribution in [3.05, 3.63) is 64.1 Å². The highest BCUT2D eigenvalue weighted by Crippen LogP contribution is 2.30. The number of aryl methyl sites for hydroxylation is 1. The normalized spacial score (nSPS) is 11.0. The van der Waals surface area contributed by atoms with Crippen LogP contribution in [0, 0.1) is 0 Å². The zero-order valence-electron chi connectivity index (χ0n) is 16.7. The van der Waals surface area contributed by atoms with Crippen LogP contribution >= 0.6 is 22.7 Å². The molecule has 0 bridgehead atoms. The number of fused-ring (bicyclic) bond motifs is 1. The van der Waals surface area contributed by atoms with E-state index in [1.807, 2.05) is 53.2 Å². The van der Waals surface area contributed by atoms with Gasteiger partial charge in [0.15, 0.2) is 4.96 Å². The first-order valence-electron chi connectivity index (χ1n) is 9.69. The molecule has 0 aliphatic heterocycles. The standard InChI is InChI=1S/C22H21N3O3S2/c1-3-16-11-17(21(27)28-4-2)20(30-16)24-19(26)10-15-13-29-22-23-18(12-25(15)22)14-8-6-5-7-9-14/h5-9,11-13H,3-4,10H2,1-2H3,(H,24,26). The van der Waals surface area contributed by atoms with Gasteiger partial charge in [0.1, 0.15) is 5.00 Å². The molecule has 8 heteroatoms. The monoisotopic (exact) mass is 439 g/mol. The zero-order valence-corrected chi connectivity index (χ0v) is 18.3. The highest BCUT2D eigenvalue weighted by atomic mass is 32.1. The summed E-state index contributed by atoms with van der Waals surface area (Å²) in [5.41, 5.74) is 3.18. The highest BCUT2D eigenvalue weighted by Gasteiger charge is 2.20. The maximum absolute atomic E-state index is 12.7. The van der Waals surface area contributed by atoms with Gasteiger partial charge in [-0.25, -0.2) is 9.78 Å². The maximum Gasteiger partial charge on any atom is 0.341 e. The molecule has 154 valence electrons. The van der Waals surface area contributed by atoms with E-state index in [0.717, 1.165) is 33.2 Å². The van der Waals surface area contributed by atoms with Crippen LogP contribution in [0.15, 0.2) is 48.0 Å². The third-order valence-corrected chi connectivity index (χ3v) is 6.66. The Morgan fingerprint density at radius 1 is 1.20 bits per heavy atom. The summed E-state index contributed by atoms with van der Waals surface area (Å²) in [6, 6.07) is 11.7. The number of thiazole rings is 1. The number of hydrogen-bond donors (Lipinski definition) is 1. The van der Waals surface area contributed by atoms with E-state index in [9.17, 15) is 9.59 Å². The molecule has 0 saturated heterocycles. The first kappa shape index (κ1) is 20.3. The molecule has 3 heterocycles. The van der Waals surface area contributed by atoms with Gasteiger partial charge in [0.2, 0.25) is 5.91 Å². The molecule has 0 fully saturated rings. The lowest BCUT2D eigenvalue weighted by molar-refractivity contribution is -0.115. The van der Waals surface area contributed by atoms with Crippen molar-refractivity contribution in [2.75, 3.05) is 11.9 Å². The van der Waals surface area contributed by atoms with Gasteiger partial charge in [0.25, 0.3) is 0 Å². The number of ether oxygens (including phenoxy) is 1. The first-order chi connectivity index (χ1) is 14.6. The maximum atomic E-state index is 12.7. The average Bonchev–Trinajstić information content (AvgIpc) is 3.44. The van der Waals surface area contributed by atoms with Gasteiger partial charge in [-0.1, -0.05) is 37.3 Å². The predicted octanol–water partition coefficient (Wildman–Crippen LogP) is 5.04. The van der Waals surface area contributed by atoms with Gasteiger partial charge < -0.3 is 10.1 Å². The molecular weight excluding hydrogens is 418 g/mol. The first-order valence-corrected chi connectivity index (χ1v) is 11.4. The topological polar surface area (TPSA) is 72.7 Å². The van der Waals surface area contributed by atoms with Crippen molar-refractivity contribution in [2.24, 2.45) is 0 Å². The van der Waals surface area contributed by atoms with Crippen molar-refractivity contribution < 1.29 is 14.3 Å². The molecule has 4 aromatic rings. The van der Waals surface area contributed by atoms with Gasteiger partial charge >= 0.3 is 5.97 Å². The largest absolute Gasteiger partial charge is 0.462 e. The van der Waals surface area contributed by atoms with Crippen molar-refractivity contribution in [1.29, 1.82) is 0 Å². The molecule has 4 rings (SSSR count). The van der Waals surface area contributed by atoms with Crippen molar-refractivity contribution in [1.82, 2.24) is 9.38 Å². The third kappa shape index (κ3) is 4.15. The molecule has 3 aromatic heterocycles. The number of amides is 1. The number of esters is 1. The Morgan fingerprint density at radius 2 is 2.00 bits per heavy atom. The number of carbonyl (C=O) groups excluding carboxylic acids is 2. The summed E-state index contributed by atoms with van der Waals surface area (Å²) in [6.07, 6.45) is 2.93. The number of imidazole rings is 1. The van der Waals surface area contributed by atoms with Gasteiger partial charge in [-0.3, -0.25) is 9.20 Å². The summed E-state index contributed by atoms with van der Waals surface area (Å²) in [5.74, 6) is -0.594. The van der Waals surface area contributed by atoms with Crippen molar-refractivity contribution in [2.45, 2.75) is 26.7 Å². The lowest BCUT2D eigenvalue weighted by Crippen LogP contribution is -2.16. The Hall–Kier alpha value is -2.97. The fourth-order valence-corrected chi connectivity index (χ4v) is 4.98. The minimum absolute atomic E-state index is 0.181. The van der Waals surface area contributed by atoms with Gasteiger partial charge in [0.05, 0.1) is 24.3 Å². The third-order valence-electron chi connectivity index (χ3n) is 4.57. The Morgan fingerprint density at radius 3 is 2.73 bits per heavy atom. The number of nitrogens with zero attached hydrogens (tertiary/aromatic N) is 2. The number of carbonyl (C=O) groups is 2. The summed E-state index contributed by atoms with van der Waals surface area (Å²) < 4.78 is 7.07. The van der Waals surface area contributed by atoms with Crippen LogP contribution in [0.2, 0.25) is 0 Å². The van der Waals surface area contributed by atoms with Crippen molar-refractivity contribution in [3.63, 3.8) is 0 Å². The summed E-state index contributed by atoms with van der Waals surface area (Å²) in [6.45, 7) is 4.07. The summed E-state index contributed by atoms with van der Waals surface area (Å²) in [4.78, 5) is 31.5. The van der Waals surface area contributed by atoms with E-state index in [-0.39, 0.29) is 12.3 Å². The summed E-state index contributed by atoms with van der Waals surface area (Å²) in [7, 11) is 0. The number of nitrogens with one attached hydrogen (secondary N) is 1. The Labute approximate surface area is 182 Å². The molecule has 1 N–H and O–H groups in total. The van der Waals surface area contributed by atoms with Crippen molar-refractivity contribution in [3.8, 4) is 11.3 Å². The number of aromatic nitrogens is 2. The quantitative estimate of drug-likeness (QED) is 0.409. The zero-order chi connectivity index (χ0) is 21.1. The molecule has 0 saturated carbocycles. The fourth-order valence-electron chi connectivity index (χ4n) is 3.11. The van der Waals surface area contributed by atoms with Gasteiger partial charge in [-0.15, -0.1) is 22.7 Å². The van der Waals surface area contributed by atoms with Gasteiger partial charge in [-0.2, -0.15) is 0 Å². The molecule has 30 heavy (non-hydrogen) atoms. The second-order valence-corrected chi connectivity index (χ2v) is 8.60. The number of anilines is 1. The Bertz CT molecular complexity index is 1190. The second kappa shape index (κ2) is 8.81. The van der Waals surface area contributed by atoms with E-state index in [0.29, 0.717) is 17.2 Å². The van der Waals surface area contributed by atoms with Crippen LogP contribution in [0.5, 0.6) is 0 Å². The molecule has 0 aliphatic rings. The smallest absolute Gasteiger partial charge is 0.341 e. The van der Waals surface area contributed by atoms with E-state index < -0.39 is 5.97 Å². The van der Waals surface area contributed by atoms with Crippen LogP contribution in [0.1, 0.15) is 34.8 Å². The van der Waals surface area contributed by atoms with Crippen LogP contribution in [-0.4, -0.2) is 27.9 Å². The van der Waals surface area contributed by atoms with Crippen molar-refractivity contribution >= 4 is 44.5 Å². The van der Waals surface area contributed by atoms with Crippen LogP contribution in [0.3, 0.4) is 0 Å². The van der Waals surface area contributed by atoms with E-state index >= 15 is 0 Å². The second-order valence-electron chi connectivity index (χ2n) is 6.63. The van der Waals surface area contributed by atoms with Crippen LogP contribution in [0.25, 0.3) is 16.2 Å². The fraction of sp³-hybridized carbons (Fsp3) is 0.227. The van der Waals surface area contributed by atoms with Gasteiger partial charge in [0, 0.05) is 27.7 Å². The molecule has 0 spiro atoms. The molecule has 0 unspecified atom stereocenters. The molecule has 0 aliphatic carbocycles. The molecule has 1 amide bonds. The Kier molecular flexibility index (Phi) is 5.96. The number of thiophene rings is 1. The van der Waals surface area contributed by atoms with E-state index in [1.54, 1.807) is 13.0 Å². The van der Waals surface area contributed by atoms with Crippen LogP contribution in [-0.2, 0) is 22.4 Å². The Balaban J connectivity index is 1.53. The molecular formula is C22H21N3O3S2. The van der Waals surface area contributed by atoms with Gasteiger partial charge in [-0.05, 0) is 19.4 Å². The van der Waals surface area contributed by atoms with E-state index in [4.69, 9.17) is 4.74 Å². The lowest BCUT2D eigenvalue weighted by atomic mass is 10.2.